The number of hydrogen-bond donors (Lipinski definition) is 1. The lowest BCUT2D eigenvalue weighted by Gasteiger charge is -2.45. The molecule has 1 fully saturated rings. The Kier molecular flexibility index (Phi) is 7.20. The van der Waals surface area contributed by atoms with Crippen molar-refractivity contribution in [1.82, 2.24) is 4.90 Å². The Morgan fingerprint density at radius 3 is 1.90 bits per heavy atom. The van der Waals surface area contributed by atoms with E-state index < -0.39 is 5.97 Å². The predicted octanol–water partition coefficient (Wildman–Crippen LogP) is 5.24. The summed E-state index contributed by atoms with van der Waals surface area (Å²) in [7, 11) is 0. The minimum absolute atomic E-state index is 0.0757. The molecule has 2 atom stereocenters. The van der Waals surface area contributed by atoms with Crippen molar-refractivity contribution in [3.05, 3.63) is 100 Å². The Morgan fingerprint density at radius 1 is 0.780 bits per heavy atom. The van der Waals surface area contributed by atoms with Gasteiger partial charge < -0.3 is 10.1 Å². The number of benzene rings is 3. The number of ether oxygens (including phenoxy) is 1. The molecule has 1 saturated heterocycles. The lowest BCUT2D eigenvalue weighted by atomic mass is 9.55. The molecule has 0 radical (unpaired) electrons. The van der Waals surface area contributed by atoms with Gasteiger partial charge in [-0.25, -0.2) is 0 Å². The first-order chi connectivity index (χ1) is 19.8. The van der Waals surface area contributed by atoms with Crippen LogP contribution in [0.5, 0.6) is 0 Å². The van der Waals surface area contributed by atoms with Crippen LogP contribution in [-0.2, 0) is 23.9 Å². The average Bonchev–Trinajstić information content (AvgIpc) is 3.23. The Morgan fingerprint density at radius 2 is 1.34 bits per heavy atom. The van der Waals surface area contributed by atoms with Crippen molar-refractivity contribution in [3.8, 4) is 0 Å². The summed E-state index contributed by atoms with van der Waals surface area (Å²) in [5.74, 6) is -1.88. The summed E-state index contributed by atoms with van der Waals surface area (Å²) >= 11 is 0. The summed E-state index contributed by atoms with van der Waals surface area (Å²) in [5.41, 5.74) is 7.34. The lowest BCUT2D eigenvalue weighted by Crippen LogP contribution is -2.41. The zero-order valence-electron chi connectivity index (χ0n) is 23.4. The van der Waals surface area contributed by atoms with Crippen molar-refractivity contribution in [3.63, 3.8) is 0 Å². The molecule has 0 saturated carbocycles. The van der Waals surface area contributed by atoms with Gasteiger partial charge in [-0.1, -0.05) is 67.1 Å². The van der Waals surface area contributed by atoms with E-state index in [0.717, 1.165) is 11.1 Å². The molecule has 0 aromatic heterocycles. The molecule has 7 heteroatoms. The molecule has 41 heavy (non-hydrogen) atoms. The number of nitrogens with one attached hydrogen (secondary N) is 1. The number of likely N-dealkylation sites (tertiary alicyclic amines) is 1. The van der Waals surface area contributed by atoms with Crippen molar-refractivity contribution in [2.75, 3.05) is 18.5 Å². The lowest BCUT2D eigenvalue weighted by molar-refractivity contribution is -0.147. The van der Waals surface area contributed by atoms with Crippen LogP contribution in [0.3, 0.4) is 0 Å². The monoisotopic (exact) mass is 550 g/mol. The van der Waals surface area contributed by atoms with E-state index in [1.165, 1.54) is 27.2 Å². The first kappa shape index (κ1) is 26.9. The third-order valence-corrected chi connectivity index (χ3v) is 8.83. The van der Waals surface area contributed by atoms with Crippen molar-refractivity contribution < 1.29 is 23.9 Å². The van der Waals surface area contributed by atoms with Crippen LogP contribution < -0.4 is 5.32 Å². The molecule has 7 nitrogen and oxygen atoms in total. The van der Waals surface area contributed by atoms with Crippen molar-refractivity contribution in [1.29, 1.82) is 0 Å². The fourth-order valence-electron chi connectivity index (χ4n) is 6.95. The molecule has 3 amide bonds. The van der Waals surface area contributed by atoms with E-state index in [1.54, 1.807) is 0 Å². The Labute approximate surface area is 239 Å². The molecule has 3 aromatic rings. The molecule has 7 rings (SSSR count). The van der Waals surface area contributed by atoms with Crippen LogP contribution in [0.2, 0.25) is 0 Å². The number of anilines is 1. The van der Waals surface area contributed by atoms with Crippen LogP contribution in [0.25, 0.3) is 0 Å². The topological polar surface area (TPSA) is 92.8 Å². The van der Waals surface area contributed by atoms with Crippen molar-refractivity contribution >= 4 is 29.4 Å². The molecule has 1 N–H and O–H groups in total. The van der Waals surface area contributed by atoms with Crippen molar-refractivity contribution in [2.45, 2.75) is 51.4 Å². The highest BCUT2D eigenvalue weighted by Crippen LogP contribution is 2.60. The largest absolute Gasteiger partial charge is 0.456 e. The summed E-state index contributed by atoms with van der Waals surface area (Å²) < 4.78 is 5.15. The molecule has 210 valence electrons. The number of carbonyl (C=O) groups is 4. The molecular weight excluding hydrogens is 516 g/mol. The summed E-state index contributed by atoms with van der Waals surface area (Å²) in [4.78, 5) is 53.1. The van der Waals surface area contributed by atoms with E-state index in [2.05, 4.69) is 29.6 Å². The molecular formula is C34H34N2O5. The smallest absolute Gasteiger partial charge is 0.306 e. The number of aryl methyl sites for hydroxylation is 2. The zero-order valence-corrected chi connectivity index (χ0v) is 23.4. The minimum Gasteiger partial charge on any atom is -0.456 e. The van der Waals surface area contributed by atoms with E-state index >= 15 is 0 Å². The second kappa shape index (κ2) is 11.0. The van der Waals surface area contributed by atoms with E-state index in [9.17, 15) is 19.2 Å². The van der Waals surface area contributed by atoms with Crippen molar-refractivity contribution in [2.24, 2.45) is 11.8 Å². The van der Waals surface area contributed by atoms with Gasteiger partial charge in [-0.15, -0.1) is 0 Å². The van der Waals surface area contributed by atoms with Gasteiger partial charge in [-0.2, -0.15) is 0 Å². The van der Waals surface area contributed by atoms with Gasteiger partial charge in [0, 0.05) is 30.5 Å². The van der Waals surface area contributed by atoms with Crippen LogP contribution in [0, 0.1) is 25.7 Å². The SMILES string of the molecule is Cc1ccc(C)c(NC(=O)COC(=O)CCCCCN2C(=O)[C@@H]3C4c5ccccc5C(c5ccccc54)[C@H]3C2=O)c1. The van der Waals surface area contributed by atoms with Gasteiger partial charge in [0.2, 0.25) is 11.8 Å². The van der Waals surface area contributed by atoms with Gasteiger partial charge in [-0.3, -0.25) is 24.1 Å². The van der Waals surface area contributed by atoms with Crippen LogP contribution in [-0.4, -0.2) is 41.7 Å². The highest BCUT2D eigenvalue weighted by molar-refractivity contribution is 6.07. The van der Waals surface area contributed by atoms with Crippen LogP contribution in [0.1, 0.15) is 70.9 Å². The fourth-order valence-corrected chi connectivity index (χ4v) is 6.95. The molecule has 1 aliphatic heterocycles. The van der Waals surface area contributed by atoms with E-state index in [1.807, 2.05) is 56.3 Å². The second-order valence-electron chi connectivity index (χ2n) is 11.4. The number of nitrogens with zero attached hydrogens (tertiary/aromatic N) is 1. The molecule has 4 aliphatic rings. The summed E-state index contributed by atoms with van der Waals surface area (Å²) in [6, 6.07) is 22.2. The third-order valence-electron chi connectivity index (χ3n) is 8.83. The number of hydrogen-bond acceptors (Lipinski definition) is 5. The van der Waals surface area contributed by atoms with Gasteiger partial charge in [-0.05, 0) is 66.1 Å². The minimum atomic E-state index is -0.437. The molecule has 0 unspecified atom stereocenters. The Balaban J connectivity index is 0.999. The molecule has 2 bridgehead atoms. The maximum atomic E-state index is 13.6. The second-order valence-corrected chi connectivity index (χ2v) is 11.4. The summed E-state index contributed by atoms with van der Waals surface area (Å²) in [6.45, 7) is 3.86. The van der Waals surface area contributed by atoms with E-state index in [4.69, 9.17) is 4.74 Å². The van der Waals surface area contributed by atoms with Crippen LogP contribution >= 0.6 is 0 Å². The van der Waals surface area contributed by atoms with Gasteiger partial charge in [0.1, 0.15) is 0 Å². The summed E-state index contributed by atoms with van der Waals surface area (Å²) in [5, 5.41) is 2.78. The molecule has 1 heterocycles. The molecule has 3 aromatic carbocycles. The average molecular weight is 551 g/mol. The predicted molar refractivity (Wildman–Crippen MR) is 154 cm³/mol. The molecule has 0 spiro atoms. The standard InChI is InChI=1S/C34H34N2O5/c1-20-15-16-21(2)26(18-20)35-27(37)19-41-28(38)14-4-3-9-17-36-33(39)31-29-22-10-5-6-11-23(22)30(32(31)34(36)40)25-13-8-7-12-24(25)29/h5-8,10-13,15-16,18,29-32H,3-4,9,14,17,19H2,1-2H3,(H,35,37)/t29?,30?,31-,32-/m1/s1. The maximum absolute atomic E-state index is 13.6. The first-order valence-electron chi connectivity index (χ1n) is 14.4. The number of amides is 3. The van der Waals surface area contributed by atoms with E-state index in [-0.39, 0.29) is 54.4 Å². The van der Waals surface area contributed by atoms with Gasteiger partial charge in [0.05, 0.1) is 11.8 Å². The van der Waals surface area contributed by atoms with Crippen LogP contribution in [0.15, 0.2) is 66.7 Å². The number of carbonyl (C=O) groups excluding carboxylic acids is 4. The number of imide groups is 1. The Hall–Kier alpha value is -4.26. The Bertz CT molecular complexity index is 1430. The fraction of sp³-hybridized carbons (Fsp3) is 0.353. The quantitative estimate of drug-likeness (QED) is 0.224. The zero-order chi connectivity index (χ0) is 28.7. The third kappa shape index (κ3) is 4.83. The number of unbranched alkanes of at least 4 members (excludes halogenated alkanes) is 2. The van der Waals surface area contributed by atoms with E-state index in [0.29, 0.717) is 31.5 Å². The number of rotatable bonds is 9. The highest BCUT2D eigenvalue weighted by Gasteiger charge is 2.61. The van der Waals surface area contributed by atoms with Crippen LogP contribution in [0.4, 0.5) is 5.69 Å². The van der Waals surface area contributed by atoms with Gasteiger partial charge >= 0.3 is 5.97 Å². The maximum Gasteiger partial charge on any atom is 0.306 e. The molecule has 3 aliphatic carbocycles. The first-order valence-corrected chi connectivity index (χ1v) is 14.4. The normalized spacial score (nSPS) is 21.8. The highest BCUT2D eigenvalue weighted by atomic mass is 16.5. The van der Waals surface area contributed by atoms with Gasteiger partial charge in [0.25, 0.3) is 5.91 Å². The number of esters is 1. The van der Waals surface area contributed by atoms with Gasteiger partial charge in [0.15, 0.2) is 6.61 Å². The summed E-state index contributed by atoms with van der Waals surface area (Å²) in [6.07, 6.45) is 2.03.